The molecular formula is C22H17FN2O5S. The Morgan fingerprint density at radius 2 is 1.71 bits per heavy atom. The Balaban J connectivity index is 1.85. The number of rotatable bonds is 7. The van der Waals surface area contributed by atoms with Crippen LogP contribution in [0.15, 0.2) is 76.5 Å². The number of esters is 1. The monoisotopic (exact) mass is 440 g/mol. The van der Waals surface area contributed by atoms with Crippen molar-refractivity contribution in [2.75, 3.05) is 0 Å². The summed E-state index contributed by atoms with van der Waals surface area (Å²) < 4.78 is 18.3. The second kappa shape index (κ2) is 9.40. The fourth-order valence-corrected chi connectivity index (χ4v) is 3.61. The van der Waals surface area contributed by atoms with Gasteiger partial charge in [-0.2, -0.15) is 0 Å². The summed E-state index contributed by atoms with van der Waals surface area (Å²) in [6, 6.07) is 16.1. The van der Waals surface area contributed by atoms with E-state index in [-0.39, 0.29) is 16.8 Å². The number of carbonyl (C=O) groups excluding carboxylic acids is 2. The maximum absolute atomic E-state index is 13.1. The van der Waals surface area contributed by atoms with Crippen LogP contribution in [0.25, 0.3) is 0 Å². The molecule has 9 heteroatoms. The molecule has 3 aromatic carbocycles. The Bertz CT molecular complexity index is 1130. The zero-order valence-electron chi connectivity index (χ0n) is 16.3. The standard InChI is InChI=1S/C22H17FN2O5S/c1-13-2-9-17(10-3-13)31-19-11-6-15(12-18(19)25(28)29)22(27)30-20(21(24)26)14-4-7-16(23)8-5-14/h2-12,20H,1H3,(H2,24,26). The number of nitro groups is 1. The van der Waals surface area contributed by atoms with E-state index in [1.54, 1.807) is 0 Å². The summed E-state index contributed by atoms with van der Waals surface area (Å²) in [6.45, 7) is 1.93. The van der Waals surface area contributed by atoms with E-state index in [1.165, 1.54) is 36.0 Å². The summed E-state index contributed by atoms with van der Waals surface area (Å²) >= 11 is 1.19. The van der Waals surface area contributed by atoms with Gasteiger partial charge in [-0.05, 0) is 43.3 Å². The van der Waals surface area contributed by atoms with Crippen molar-refractivity contribution >= 4 is 29.3 Å². The van der Waals surface area contributed by atoms with E-state index in [1.807, 2.05) is 31.2 Å². The third kappa shape index (κ3) is 5.46. The third-order valence-electron chi connectivity index (χ3n) is 4.30. The Hall–Kier alpha value is -3.72. The van der Waals surface area contributed by atoms with E-state index >= 15 is 0 Å². The summed E-state index contributed by atoms with van der Waals surface area (Å²) in [5.41, 5.74) is 6.15. The van der Waals surface area contributed by atoms with Gasteiger partial charge in [0.15, 0.2) is 0 Å². The van der Waals surface area contributed by atoms with E-state index in [2.05, 4.69) is 0 Å². The molecule has 0 aromatic heterocycles. The number of aryl methyl sites for hydroxylation is 1. The van der Waals surface area contributed by atoms with Crippen molar-refractivity contribution in [1.82, 2.24) is 0 Å². The highest BCUT2D eigenvalue weighted by Crippen LogP contribution is 2.35. The van der Waals surface area contributed by atoms with Crippen molar-refractivity contribution in [3.63, 3.8) is 0 Å². The number of nitrogens with zero attached hydrogens (tertiary/aromatic N) is 1. The molecule has 1 atom stereocenters. The van der Waals surface area contributed by atoms with E-state index in [0.29, 0.717) is 4.90 Å². The van der Waals surface area contributed by atoms with Crippen molar-refractivity contribution in [2.24, 2.45) is 5.73 Å². The predicted octanol–water partition coefficient (Wildman–Crippen LogP) is 4.58. The molecular weight excluding hydrogens is 423 g/mol. The smallest absolute Gasteiger partial charge is 0.339 e. The minimum Gasteiger partial charge on any atom is -0.444 e. The number of hydrogen-bond acceptors (Lipinski definition) is 6. The van der Waals surface area contributed by atoms with Crippen LogP contribution in [-0.4, -0.2) is 16.8 Å². The average molecular weight is 440 g/mol. The summed E-state index contributed by atoms with van der Waals surface area (Å²) in [5, 5.41) is 11.6. The number of nitro benzene ring substituents is 1. The van der Waals surface area contributed by atoms with E-state index in [4.69, 9.17) is 10.5 Å². The largest absolute Gasteiger partial charge is 0.444 e. The summed E-state index contributed by atoms with van der Waals surface area (Å²) in [7, 11) is 0. The molecule has 0 saturated carbocycles. The van der Waals surface area contributed by atoms with Gasteiger partial charge < -0.3 is 10.5 Å². The Morgan fingerprint density at radius 3 is 2.29 bits per heavy atom. The third-order valence-corrected chi connectivity index (χ3v) is 5.37. The molecule has 0 aliphatic carbocycles. The molecule has 0 saturated heterocycles. The number of nitrogens with two attached hydrogens (primary N) is 1. The van der Waals surface area contributed by atoms with Gasteiger partial charge in [0.25, 0.3) is 11.6 Å². The molecule has 1 amide bonds. The van der Waals surface area contributed by atoms with Gasteiger partial charge in [-0.25, -0.2) is 9.18 Å². The molecule has 0 heterocycles. The molecule has 31 heavy (non-hydrogen) atoms. The van der Waals surface area contributed by atoms with Crippen molar-refractivity contribution < 1.29 is 23.6 Å². The molecule has 0 aliphatic rings. The second-order valence-electron chi connectivity index (χ2n) is 6.59. The molecule has 158 valence electrons. The summed E-state index contributed by atoms with van der Waals surface area (Å²) in [6.07, 6.45) is -1.46. The number of hydrogen-bond donors (Lipinski definition) is 1. The van der Waals surface area contributed by atoms with Gasteiger partial charge in [0, 0.05) is 16.5 Å². The highest BCUT2D eigenvalue weighted by molar-refractivity contribution is 7.99. The number of primary amides is 1. The first-order valence-electron chi connectivity index (χ1n) is 9.03. The lowest BCUT2D eigenvalue weighted by atomic mass is 10.1. The minimum absolute atomic E-state index is 0.117. The molecule has 7 nitrogen and oxygen atoms in total. The van der Waals surface area contributed by atoms with Crippen LogP contribution < -0.4 is 5.73 Å². The quantitative estimate of drug-likeness (QED) is 0.327. The first kappa shape index (κ1) is 22.0. The zero-order chi connectivity index (χ0) is 22.5. The lowest BCUT2D eigenvalue weighted by molar-refractivity contribution is -0.387. The topological polar surface area (TPSA) is 113 Å². The van der Waals surface area contributed by atoms with E-state index in [9.17, 15) is 24.1 Å². The van der Waals surface area contributed by atoms with Crippen LogP contribution in [-0.2, 0) is 9.53 Å². The van der Waals surface area contributed by atoms with Gasteiger partial charge in [-0.3, -0.25) is 14.9 Å². The maximum Gasteiger partial charge on any atom is 0.339 e. The maximum atomic E-state index is 13.1. The second-order valence-corrected chi connectivity index (χ2v) is 7.71. The van der Waals surface area contributed by atoms with Crippen molar-refractivity contribution in [1.29, 1.82) is 0 Å². The highest BCUT2D eigenvalue weighted by atomic mass is 32.2. The van der Waals surface area contributed by atoms with Crippen LogP contribution in [0.2, 0.25) is 0 Å². The van der Waals surface area contributed by atoms with Gasteiger partial charge >= 0.3 is 5.97 Å². The molecule has 0 bridgehead atoms. The normalized spacial score (nSPS) is 11.5. The molecule has 2 N–H and O–H groups in total. The molecule has 3 rings (SSSR count). The first-order valence-corrected chi connectivity index (χ1v) is 9.85. The minimum atomic E-state index is -1.46. The highest BCUT2D eigenvalue weighted by Gasteiger charge is 2.25. The summed E-state index contributed by atoms with van der Waals surface area (Å²) in [5.74, 6) is -2.46. The SMILES string of the molecule is Cc1ccc(Sc2ccc(C(=O)OC(C(N)=O)c3ccc(F)cc3)cc2[N+](=O)[O-])cc1. The lowest BCUT2D eigenvalue weighted by Crippen LogP contribution is -2.26. The Morgan fingerprint density at radius 1 is 1.06 bits per heavy atom. The molecule has 0 spiro atoms. The van der Waals surface area contributed by atoms with Crippen LogP contribution in [0.1, 0.15) is 27.6 Å². The van der Waals surface area contributed by atoms with Crippen LogP contribution >= 0.6 is 11.8 Å². The van der Waals surface area contributed by atoms with Crippen molar-refractivity contribution in [3.05, 3.63) is 99.4 Å². The number of halogens is 1. The van der Waals surface area contributed by atoms with Crippen LogP contribution in [0.5, 0.6) is 0 Å². The fourth-order valence-electron chi connectivity index (χ4n) is 2.71. The van der Waals surface area contributed by atoms with Gasteiger partial charge in [0.05, 0.1) is 15.4 Å². The Labute approximate surface area is 181 Å². The van der Waals surface area contributed by atoms with Gasteiger partial charge in [0.1, 0.15) is 5.82 Å². The van der Waals surface area contributed by atoms with Gasteiger partial charge in [0.2, 0.25) is 6.10 Å². The van der Waals surface area contributed by atoms with E-state index in [0.717, 1.165) is 28.7 Å². The number of benzene rings is 3. The van der Waals surface area contributed by atoms with Crippen molar-refractivity contribution in [2.45, 2.75) is 22.8 Å². The molecule has 1 unspecified atom stereocenters. The molecule has 3 aromatic rings. The predicted molar refractivity (Wildman–Crippen MR) is 112 cm³/mol. The molecule has 0 fully saturated rings. The van der Waals surface area contributed by atoms with Gasteiger partial charge in [-0.1, -0.05) is 41.6 Å². The van der Waals surface area contributed by atoms with Crippen LogP contribution in [0.3, 0.4) is 0 Å². The van der Waals surface area contributed by atoms with E-state index < -0.39 is 28.7 Å². The van der Waals surface area contributed by atoms with Gasteiger partial charge in [-0.15, -0.1) is 0 Å². The number of amides is 1. The zero-order valence-corrected chi connectivity index (χ0v) is 17.1. The number of carbonyl (C=O) groups is 2. The number of ether oxygens (including phenoxy) is 1. The van der Waals surface area contributed by atoms with Crippen molar-refractivity contribution in [3.8, 4) is 0 Å². The van der Waals surface area contributed by atoms with Crippen LogP contribution in [0, 0.1) is 22.9 Å². The molecule has 0 radical (unpaired) electrons. The fraction of sp³-hybridized carbons (Fsp3) is 0.0909. The average Bonchev–Trinajstić information content (AvgIpc) is 2.74. The Kier molecular flexibility index (Phi) is 6.66. The molecule has 0 aliphatic heterocycles. The first-order chi connectivity index (χ1) is 14.7. The lowest BCUT2D eigenvalue weighted by Gasteiger charge is -2.15. The summed E-state index contributed by atoms with van der Waals surface area (Å²) in [4.78, 5) is 36.4. The van der Waals surface area contributed by atoms with Crippen LogP contribution in [0.4, 0.5) is 10.1 Å².